The van der Waals surface area contributed by atoms with Crippen LogP contribution in [0.25, 0.3) is 0 Å². The Balaban J connectivity index is 2.14. The minimum Gasteiger partial charge on any atom is -0.494 e. The Morgan fingerprint density at radius 2 is 1.85 bits per heavy atom. The molecule has 178 valence electrons. The number of benzene rings is 1. The highest BCUT2D eigenvalue weighted by Gasteiger charge is 2.47. The van der Waals surface area contributed by atoms with Crippen LogP contribution in [0.3, 0.4) is 0 Å². The Kier molecular flexibility index (Phi) is 7.61. The smallest absolute Gasteiger partial charge is 0.337 e. The second-order valence-electron chi connectivity index (χ2n) is 8.66. The zero-order valence-corrected chi connectivity index (χ0v) is 20.2. The van der Waals surface area contributed by atoms with E-state index in [0.29, 0.717) is 42.0 Å². The van der Waals surface area contributed by atoms with Crippen molar-refractivity contribution < 1.29 is 28.6 Å². The van der Waals surface area contributed by atoms with Crippen LogP contribution in [0.5, 0.6) is 5.75 Å². The Bertz CT molecular complexity index is 991. The van der Waals surface area contributed by atoms with Crippen molar-refractivity contribution in [3.05, 3.63) is 52.4 Å². The summed E-state index contributed by atoms with van der Waals surface area (Å²) in [6, 6.07) is 7.35. The molecule has 1 aromatic rings. The minimum atomic E-state index is -0.911. The zero-order chi connectivity index (χ0) is 24.3. The standard InChI is InChI=1S/C26H33NO6/c1-7-15(4)33-26(30)21-16(5)27-19-13-14(3)20(25(29)31-6)24(28)23(19)22(21)17-9-11-18(12-10-17)32-8-2/h9-12,14-15,20,22,27H,7-8,13H2,1-6H3/t14-,15-,20-,22-/m0/s1. The Morgan fingerprint density at radius 1 is 1.18 bits per heavy atom. The molecule has 2 aliphatic rings. The van der Waals surface area contributed by atoms with Crippen LogP contribution in [0.4, 0.5) is 0 Å². The number of rotatable bonds is 7. The molecule has 33 heavy (non-hydrogen) atoms. The second-order valence-corrected chi connectivity index (χ2v) is 8.66. The number of esters is 2. The van der Waals surface area contributed by atoms with Crippen LogP contribution in [0.1, 0.15) is 58.9 Å². The number of hydrogen-bond donors (Lipinski definition) is 1. The first-order valence-electron chi connectivity index (χ1n) is 11.5. The van der Waals surface area contributed by atoms with Crippen LogP contribution in [0, 0.1) is 11.8 Å². The molecule has 0 bridgehead atoms. The molecular weight excluding hydrogens is 422 g/mol. The van der Waals surface area contributed by atoms with E-state index in [2.05, 4.69) is 5.32 Å². The first-order valence-corrected chi connectivity index (χ1v) is 11.5. The molecular formula is C26H33NO6. The Labute approximate surface area is 195 Å². The van der Waals surface area contributed by atoms with Crippen LogP contribution in [-0.2, 0) is 23.9 Å². The van der Waals surface area contributed by atoms with E-state index in [1.165, 1.54) is 7.11 Å². The molecule has 3 rings (SSSR count). The average molecular weight is 456 g/mol. The van der Waals surface area contributed by atoms with E-state index < -0.39 is 23.8 Å². The number of Topliss-reactive ketones (excluding diaryl/α,β-unsaturated/α-hetero) is 1. The van der Waals surface area contributed by atoms with Gasteiger partial charge in [0.2, 0.25) is 0 Å². The van der Waals surface area contributed by atoms with Gasteiger partial charge in [-0.15, -0.1) is 0 Å². The number of carbonyl (C=O) groups is 3. The molecule has 1 aliphatic carbocycles. The number of ether oxygens (including phenoxy) is 3. The van der Waals surface area contributed by atoms with E-state index in [4.69, 9.17) is 14.2 Å². The molecule has 1 aromatic carbocycles. The third-order valence-electron chi connectivity index (χ3n) is 6.37. The van der Waals surface area contributed by atoms with Crippen molar-refractivity contribution in [3.8, 4) is 5.75 Å². The normalized spacial score (nSPS) is 23.5. The summed E-state index contributed by atoms with van der Waals surface area (Å²) in [6.07, 6.45) is 0.909. The lowest BCUT2D eigenvalue weighted by Crippen LogP contribution is -2.43. The Morgan fingerprint density at radius 3 is 2.42 bits per heavy atom. The van der Waals surface area contributed by atoms with E-state index in [1.54, 1.807) is 0 Å². The zero-order valence-electron chi connectivity index (χ0n) is 20.2. The van der Waals surface area contributed by atoms with Crippen molar-refractivity contribution >= 4 is 17.7 Å². The Hall–Kier alpha value is -3.09. The van der Waals surface area contributed by atoms with Gasteiger partial charge < -0.3 is 19.5 Å². The van der Waals surface area contributed by atoms with Crippen LogP contribution in [-0.4, -0.2) is 37.5 Å². The summed E-state index contributed by atoms with van der Waals surface area (Å²) in [5, 5.41) is 3.27. The maximum Gasteiger partial charge on any atom is 0.337 e. The molecule has 4 atom stereocenters. The molecule has 7 heteroatoms. The van der Waals surface area contributed by atoms with Gasteiger partial charge in [-0.1, -0.05) is 26.0 Å². The number of carbonyl (C=O) groups excluding carboxylic acids is 3. The largest absolute Gasteiger partial charge is 0.494 e. The van der Waals surface area contributed by atoms with Crippen molar-refractivity contribution in [3.63, 3.8) is 0 Å². The lowest BCUT2D eigenvalue weighted by Gasteiger charge is -2.38. The van der Waals surface area contributed by atoms with Gasteiger partial charge in [-0.2, -0.15) is 0 Å². The monoisotopic (exact) mass is 455 g/mol. The molecule has 1 aliphatic heterocycles. The third-order valence-corrected chi connectivity index (χ3v) is 6.37. The summed E-state index contributed by atoms with van der Waals surface area (Å²) in [7, 11) is 1.29. The van der Waals surface area contributed by atoms with E-state index >= 15 is 0 Å². The van der Waals surface area contributed by atoms with Crippen LogP contribution in [0.15, 0.2) is 46.8 Å². The van der Waals surface area contributed by atoms with Gasteiger partial charge in [-0.3, -0.25) is 9.59 Å². The van der Waals surface area contributed by atoms with Gasteiger partial charge in [0.05, 0.1) is 25.4 Å². The summed E-state index contributed by atoms with van der Waals surface area (Å²) < 4.78 is 16.2. The summed E-state index contributed by atoms with van der Waals surface area (Å²) in [5.41, 5.74) is 2.95. The fourth-order valence-electron chi connectivity index (χ4n) is 4.54. The van der Waals surface area contributed by atoms with Gasteiger partial charge in [0.25, 0.3) is 0 Å². The van der Waals surface area contributed by atoms with Gasteiger partial charge in [-0.25, -0.2) is 4.79 Å². The number of dihydropyridines is 1. The predicted octanol–water partition coefficient (Wildman–Crippen LogP) is 4.04. The third kappa shape index (κ3) is 4.82. The fraction of sp³-hybridized carbons (Fsp3) is 0.500. The number of methoxy groups -OCH3 is 1. The van der Waals surface area contributed by atoms with Gasteiger partial charge in [0.1, 0.15) is 11.7 Å². The highest BCUT2D eigenvalue weighted by molar-refractivity contribution is 6.12. The molecule has 0 unspecified atom stereocenters. The lowest BCUT2D eigenvalue weighted by atomic mass is 9.69. The van der Waals surface area contributed by atoms with Crippen molar-refractivity contribution in [1.29, 1.82) is 0 Å². The quantitative estimate of drug-likeness (QED) is 0.490. The molecule has 0 spiro atoms. The second kappa shape index (κ2) is 10.2. The van der Waals surface area contributed by atoms with Gasteiger partial charge in [0.15, 0.2) is 5.78 Å². The van der Waals surface area contributed by atoms with Crippen LogP contribution in [0.2, 0.25) is 0 Å². The van der Waals surface area contributed by atoms with Crippen molar-refractivity contribution in [1.82, 2.24) is 5.32 Å². The lowest BCUT2D eigenvalue weighted by molar-refractivity contribution is -0.151. The predicted molar refractivity (Wildman–Crippen MR) is 123 cm³/mol. The molecule has 0 aromatic heterocycles. The molecule has 1 heterocycles. The highest BCUT2D eigenvalue weighted by Crippen LogP contribution is 2.45. The molecule has 0 amide bonds. The first-order chi connectivity index (χ1) is 15.7. The summed E-state index contributed by atoms with van der Waals surface area (Å²) >= 11 is 0. The van der Waals surface area contributed by atoms with Crippen molar-refractivity contribution in [2.45, 2.75) is 59.5 Å². The first kappa shape index (κ1) is 24.6. The topological polar surface area (TPSA) is 90.9 Å². The highest BCUT2D eigenvalue weighted by atomic mass is 16.5. The maximum absolute atomic E-state index is 13.7. The molecule has 7 nitrogen and oxygen atoms in total. The molecule has 0 radical (unpaired) electrons. The molecule has 0 saturated heterocycles. The number of allylic oxidation sites excluding steroid dienone is 3. The van der Waals surface area contributed by atoms with Crippen molar-refractivity contribution in [2.75, 3.05) is 13.7 Å². The number of nitrogens with one attached hydrogen (secondary N) is 1. The van der Waals surface area contributed by atoms with E-state index in [0.717, 1.165) is 11.3 Å². The summed E-state index contributed by atoms with van der Waals surface area (Å²) in [4.78, 5) is 39.4. The maximum atomic E-state index is 13.7. The number of ketones is 1. The van der Waals surface area contributed by atoms with Crippen LogP contribution < -0.4 is 10.1 Å². The van der Waals surface area contributed by atoms with E-state index in [-0.39, 0.29) is 17.8 Å². The van der Waals surface area contributed by atoms with E-state index in [9.17, 15) is 14.4 Å². The van der Waals surface area contributed by atoms with Gasteiger partial charge in [0, 0.05) is 22.9 Å². The summed E-state index contributed by atoms with van der Waals surface area (Å²) in [5.74, 6) is -2.43. The molecule has 0 fully saturated rings. The SMILES string of the molecule is CCOc1ccc([C@H]2C(C(=O)O[C@@H](C)CC)=C(C)NC3=C2C(=O)[C@@H](C(=O)OC)[C@@H](C)C3)cc1. The molecule has 1 N–H and O–H groups in total. The number of hydrogen-bond acceptors (Lipinski definition) is 7. The minimum absolute atomic E-state index is 0.224. The molecule has 0 saturated carbocycles. The average Bonchev–Trinajstić information content (AvgIpc) is 2.78. The van der Waals surface area contributed by atoms with Gasteiger partial charge in [-0.05, 0) is 57.2 Å². The summed E-state index contributed by atoms with van der Waals surface area (Å²) in [6.45, 7) is 9.90. The van der Waals surface area contributed by atoms with E-state index in [1.807, 2.05) is 58.9 Å². The fourth-order valence-corrected chi connectivity index (χ4v) is 4.54. The van der Waals surface area contributed by atoms with Crippen molar-refractivity contribution in [2.24, 2.45) is 11.8 Å². The van der Waals surface area contributed by atoms with Crippen LogP contribution >= 0.6 is 0 Å². The van der Waals surface area contributed by atoms with Gasteiger partial charge >= 0.3 is 11.9 Å².